The van der Waals surface area contributed by atoms with Crippen LogP contribution >= 0.6 is 0 Å². The van der Waals surface area contributed by atoms with Crippen LogP contribution in [0.1, 0.15) is 32.2 Å². The first-order valence-corrected chi connectivity index (χ1v) is 6.68. The minimum Gasteiger partial charge on any atom is -0.370 e. The number of nitrogens with zero attached hydrogens (tertiary/aromatic N) is 2. The Bertz CT molecular complexity index is 433. The number of carbonyl (C=O) groups excluding carboxylic acids is 1. The average molecular weight is 265 g/mol. The number of aryl methyl sites for hydroxylation is 1. The SMILES string of the molecule is CCNc1nc(CC)nc(NCCNC(C)=O)c1C. The second-order valence-electron chi connectivity index (χ2n) is 4.26. The Morgan fingerprint density at radius 3 is 2.26 bits per heavy atom. The summed E-state index contributed by atoms with van der Waals surface area (Å²) in [7, 11) is 0. The molecule has 0 saturated carbocycles. The molecule has 1 heterocycles. The normalized spacial score (nSPS) is 10.1. The van der Waals surface area contributed by atoms with Gasteiger partial charge in [0.1, 0.15) is 17.5 Å². The van der Waals surface area contributed by atoms with Gasteiger partial charge in [-0.05, 0) is 13.8 Å². The zero-order chi connectivity index (χ0) is 14.3. The van der Waals surface area contributed by atoms with E-state index in [0.717, 1.165) is 36.0 Å². The third-order valence-corrected chi connectivity index (χ3v) is 2.64. The topological polar surface area (TPSA) is 78.9 Å². The van der Waals surface area contributed by atoms with Crippen LogP contribution in [-0.4, -0.2) is 35.5 Å². The van der Waals surface area contributed by atoms with E-state index < -0.39 is 0 Å². The third-order valence-electron chi connectivity index (χ3n) is 2.64. The Morgan fingerprint density at radius 2 is 1.74 bits per heavy atom. The van der Waals surface area contributed by atoms with Gasteiger partial charge < -0.3 is 16.0 Å². The van der Waals surface area contributed by atoms with Crippen molar-refractivity contribution in [1.29, 1.82) is 0 Å². The maximum atomic E-state index is 10.8. The number of rotatable bonds is 7. The average Bonchev–Trinajstić information content (AvgIpc) is 2.38. The Labute approximate surface area is 114 Å². The summed E-state index contributed by atoms with van der Waals surface area (Å²) in [6.45, 7) is 9.61. The van der Waals surface area contributed by atoms with Crippen LogP contribution in [0, 0.1) is 6.92 Å². The van der Waals surface area contributed by atoms with Crippen molar-refractivity contribution in [2.24, 2.45) is 0 Å². The molecule has 0 spiro atoms. The zero-order valence-electron chi connectivity index (χ0n) is 12.1. The molecule has 0 bridgehead atoms. The molecule has 0 saturated heterocycles. The molecule has 0 aliphatic rings. The molecule has 1 rings (SSSR count). The standard InChI is InChI=1S/C13H23N5O/c1-5-11-17-12(14-6-2)9(3)13(18-11)16-8-7-15-10(4)19/h5-8H2,1-4H3,(H,15,19)(H2,14,16,17,18). The molecule has 1 aromatic rings. The smallest absolute Gasteiger partial charge is 0.216 e. The highest BCUT2D eigenvalue weighted by atomic mass is 16.1. The van der Waals surface area contributed by atoms with Crippen molar-refractivity contribution in [1.82, 2.24) is 15.3 Å². The van der Waals surface area contributed by atoms with E-state index in [1.165, 1.54) is 6.92 Å². The van der Waals surface area contributed by atoms with Gasteiger partial charge in [-0.3, -0.25) is 4.79 Å². The van der Waals surface area contributed by atoms with Crippen LogP contribution in [0.4, 0.5) is 11.6 Å². The molecule has 0 aliphatic heterocycles. The summed E-state index contributed by atoms with van der Waals surface area (Å²) < 4.78 is 0. The molecule has 0 aliphatic carbocycles. The fraction of sp³-hybridized carbons (Fsp3) is 0.615. The molecule has 1 aromatic heterocycles. The Balaban J connectivity index is 2.74. The van der Waals surface area contributed by atoms with Crippen molar-refractivity contribution in [3.8, 4) is 0 Å². The highest BCUT2D eigenvalue weighted by Gasteiger charge is 2.09. The van der Waals surface area contributed by atoms with Crippen LogP contribution in [0.15, 0.2) is 0 Å². The van der Waals surface area contributed by atoms with E-state index >= 15 is 0 Å². The van der Waals surface area contributed by atoms with Crippen LogP contribution in [0.5, 0.6) is 0 Å². The highest BCUT2D eigenvalue weighted by molar-refractivity contribution is 5.72. The van der Waals surface area contributed by atoms with Crippen LogP contribution in [0.25, 0.3) is 0 Å². The van der Waals surface area contributed by atoms with E-state index in [4.69, 9.17) is 0 Å². The van der Waals surface area contributed by atoms with Crippen molar-refractivity contribution in [2.75, 3.05) is 30.3 Å². The summed E-state index contributed by atoms with van der Waals surface area (Å²) in [6.07, 6.45) is 0.791. The van der Waals surface area contributed by atoms with Crippen LogP contribution in [0.3, 0.4) is 0 Å². The maximum absolute atomic E-state index is 10.8. The van der Waals surface area contributed by atoms with Crippen LogP contribution in [-0.2, 0) is 11.2 Å². The van der Waals surface area contributed by atoms with E-state index in [9.17, 15) is 4.79 Å². The van der Waals surface area contributed by atoms with Gasteiger partial charge in [-0.15, -0.1) is 0 Å². The van der Waals surface area contributed by atoms with Crippen molar-refractivity contribution in [3.63, 3.8) is 0 Å². The van der Waals surface area contributed by atoms with Crippen LogP contribution < -0.4 is 16.0 Å². The predicted octanol–water partition coefficient (Wildman–Crippen LogP) is 1.33. The van der Waals surface area contributed by atoms with Gasteiger partial charge in [0.2, 0.25) is 5.91 Å². The number of hydrogen-bond donors (Lipinski definition) is 3. The molecule has 19 heavy (non-hydrogen) atoms. The molecule has 0 radical (unpaired) electrons. The first-order valence-electron chi connectivity index (χ1n) is 6.68. The molecule has 6 nitrogen and oxygen atoms in total. The number of nitrogens with one attached hydrogen (secondary N) is 3. The third kappa shape index (κ3) is 4.73. The largest absolute Gasteiger partial charge is 0.370 e. The summed E-state index contributed by atoms with van der Waals surface area (Å²) in [5, 5.41) is 9.22. The molecular formula is C13H23N5O. The van der Waals surface area contributed by atoms with Gasteiger partial charge in [-0.1, -0.05) is 6.92 Å². The fourth-order valence-electron chi connectivity index (χ4n) is 1.65. The number of anilines is 2. The van der Waals surface area contributed by atoms with E-state index in [-0.39, 0.29) is 5.91 Å². The summed E-state index contributed by atoms with van der Waals surface area (Å²) in [6, 6.07) is 0. The fourth-order valence-corrected chi connectivity index (χ4v) is 1.65. The minimum atomic E-state index is -0.0243. The van der Waals surface area contributed by atoms with Gasteiger partial charge in [0.15, 0.2) is 0 Å². The molecule has 3 N–H and O–H groups in total. The zero-order valence-corrected chi connectivity index (χ0v) is 12.1. The van der Waals surface area contributed by atoms with Gasteiger partial charge in [0, 0.05) is 38.5 Å². The molecule has 1 amide bonds. The Hall–Kier alpha value is -1.85. The molecule has 0 unspecified atom stereocenters. The molecule has 6 heteroatoms. The first kappa shape index (κ1) is 15.2. The number of carbonyl (C=O) groups is 1. The van der Waals surface area contributed by atoms with Gasteiger partial charge >= 0.3 is 0 Å². The summed E-state index contributed by atoms with van der Waals surface area (Å²) in [4.78, 5) is 19.7. The molecule has 0 fully saturated rings. The second-order valence-corrected chi connectivity index (χ2v) is 4.26. The molecular weight excluding hydrogens is 242 g/mol. The van der Waals surface area contributed by atoms with E-state index in [1.807, 2.05) is 20.8 Å². The molecule has 0 aromatic carbocycles. The van der Waals surface area contributed by atoms with Gasteiger partial charge in [-0.25, -0.2) is 9.97 Å². The van der Waals surface area contributed by atoms with Crippen LogP contribution in [0.2, 0.25) is 0 Å². The molecule has 0 atom stereocenters. The number of amides is 1. The van der Waals surface area contributed by atoms with Crippen molar-refractivity contribution < 1.29 is 4.79 Å². The lowest BCUT2D eigenvalue weighted by molar-refractivity contribution is -0.118. The van der Waals surface area contributed by atoms with Crippen molar-refractivity contribution in [2.45, 2.75) is 34.1 Å². The first-order chi connectivity index (χ1) is 9.08. The van der Waals surface area contributed by atoms with Gasteiger partial charge in [0.05, 0.1) is 0 Å². The van der Waals surface area contributed by atoms with Gasteiger partial charge in [0.25, 0.3) is 0 Å². The summed E-state index contributed by atoms with van der Waals surface area (Å²) in [5.74, 6) is 2.48. The predicted molar refractivity (Wildman–Crippen MR) is 77.5 cm³/mol. The quantitative estimate of drug-likeness (QED) is 0.648. The molecule has 106 valence electrons. The number of hydrogen-bond acceptors (Lipinski definition) is 5. The minimum absolute atomic E-state index is 0.0243. The second kappa shape index (κ2) is 7.56. The Kier molecular flexibility index (Phi) is 6.05. The summed E-state index contributed by atoms with van der Waals surface area (Å²) in [5.41, 5.74) is 1.00. The van der Waals surface area contributed by atoms with E-state index in [0.29, 0.717) is 13.1 Å². The van der Waals surface area contributed by atoms with Crippen molar-refractivity contribution >= 4 is 17.5 Å². The number of aromatic nitrogens is 2. The lowest BCUT2D eigenvalue weighted by Gasteiger charge is -2.14. The lowest BCUT2D eigenvalue weighted by atomic mass is 10.3. The maximum Gasteiger partial charge on any atom is 0.216 e. The van der Waals surface area contributed by atoms with E-state index in [2.05, 4.69) is 25.9 Å². The van der Waals surface area contributed by atoms with Crippen molar-refractivity contribution in [3.05, 3.63) is 11.4 Å². The lowest BCUT2D eigenvalue weighted by Crippen LogP contribution is -2.26. The monoisotopic (exact) mass is 265 g/mol. The summed E-state index contributed by atoms with van der Waals surface area (Å²) >= 11 is 0. The van der Waals surface area contributed by atoms with Gasteiger partial charge in [-0.2, -0.15) is 0 Å². The Morgan fingerprint density at radius 1 is 1.11 bits per heavy atom. The highest BCUT2D eigenvalue weighted by Crippen LogP contribution is 2.19. The van der Waals surface area contributed by atoms with E-state index in [1.54, 1.807) is 0 Å².